The number of carboxylic acids is 1. The van der Waals surface area contributed by atoms with Crippen molar-refractivity contribution in [1.82, 2.24) is 4.31 Å². The lowest BCUT2D eigenvalue weighted by molar-refractivity contribution is -0.139. The van der Waals surface area contributed by atoms with Gasteiger partial charge in [-0.3, -0.25) is 0 Å². The van der Waals surface area contributed by atoms with E-state index in [4.69, 9.17) is 21.4 Å². The average Bonchev–Trinajstić information content (AvgIpc) is 3.19. The van der Waals surface area contributed by atoms with Gasteiger partial charge >= 0.3 is 5.97 Å². The molecule has 0 bridgehead atoms. The maximum Gasteiger partial charge on any atom is 0.341 e. The van der Waals surface area contributed by atoms with Gasteiger partial charge in [-0.05, 0) is 36.1 Å². The predicted molar refractivity (Wildman–Crippen MR) is 141 cm³/mol. The van der Waals surface area contributed by atoms with Crippen molar-refractivity contribution in [2.24, 2.45) is 0 Å². The van der Waals surface area contributed by atoms with E-state index in [-0.39, 0.29) is 29.2 Å². The smallest absolute Gasteiger partial charge is 0.341 e. The van der Waals surface area contributed by atoms with Gasteiger partial charge in [-0.15, -0.1) is 11.3 Å². The van der Waals surface area contributed by atoms with Crippen LogP contribution in [-0.4, -0.2) is 54.6 Å². The van der Waals surface area contributed by atoms with Gasteiger partial charge in [0.05, 0.1) is 22.1 Å². The Labute approximate surface area is 219 Å². The number of ether oxygens (including phenoxy) is 1. The Hall–Kier alpha value is -2.63. The van der Waals surface area contributed by atoms with Crippen LogP contribution in [0.4, 0.5) is 5.69 Å². The van der Waals surface area contributed by atoms with E-state index >= 15 is 0 Å². The fraction of sp³-hybridized carbons (Fsp3) is 0.320. The molecule has 0 amide bonds. The number of aliphatic hydroxyl groups excluding tert-OH is 1. The van der Waals surface area contributed by atoms with E-state index in [0.29, 0.717) is 35.7 Å². The number of aliphatic carboxylic acids is 1. The number of piperidine rings is 1. The van der Waals surface area contributed by atoms with Crippen molar-refractivity contribution < 1.29 is 28.2 Å². The van der Waals surface area contributed by atoms with Crippen molar-refractivity contribution in [3.05, 3.63) is 70.1 Å². The summed E-state index contributed by atoms with van der Waals surface area (Å²) >= 11 is 7.73. The molecule has 1 aliphatic rings. The molecule has 1 saturated heterocycles. The van der Waals surface area contributed by atoms with Crippen LogP contribution in [0.15, 0.2) is 54.6 Å². The van der Waals surface area contributed by atoms with Gasteiger partial charge in [0.1, 0.15) is 5.02 Å². The van der Waals surface area contributed by atoms with Crippen LogP contribution >= 0.6 is 22.9 Å². The Morgan fingerprint density at radius 2 is 1.86 bits per heavy atom. The highest BCUT2D eigenvalue weighted by atomic mass is 35.5. The minimum atomic E-state index is -3.37. The molecule has 0 atom stereocenters. The second kappa shape index (κ2) is 11.6. The highest BCUT2D eigenvalue weighted by molar-refractivity contribution is 7.88. The first-order chi connectivity index (χ1) is 17.3. The summed E-state index contributed by atoms with van der Waals surface area (Å²) in [4.78, 5) is 12.0. The highest BCUT2D eigenvalue weighted by Gasteiger charge is 2.28. The molecule has 0 unspecified atom stereocenters. The summed E-state index contributed by atoms with van der Waals surface area (Å²) in [5.74, 6) is -0.944. The molecule has 1 aliphatic heterocycles. The van der Waals surface area contributed by atoms with Crippen LogP contribution in [0.3, 0.4) is 0 Å². The number of carbonyl (C=O) groups is 1. The molecule has 36 heavy (non-hydrogen) atoms. The molecule has 2 aromatic carbocycles. The summed E-state index contributed by atoms with van der Waals surface area (Å²) < 4.78 is 32.5. The van der Waals surface area contributed by atoms with Gasteiger partial charge in [0, 0.05) is 24.8 Å². The first kappa shape index (κ1) is 26.4. The number of aliphatic hydroxyl groups is 1. The van der Waals surface area contributed by atoms with Gasteiger partial charge in [-0.25, -0.2) is 17.5 Å². The van der Waals surface area contributed by atoms with E-state index in [1.807, 2.05) is 54.6 Å². The summed E-state index contributed by atoms with van der Waals surface area (Å²) in [6.45, 7) is 0.0358. The molecule has 8 nitrogen and oxygen atoms in total. The second-order valence-electron chi connectivity index (χ2n) is 8.48. The molecule has 1 fully saturated rings. The zero-order valence-electron chi connectivity index (χ0n) is 19.4. The van der Waals surface area contributed by atoms with Gasteiger partial charge in [0.15, 0.2) is 12.4 Å². The van der Waals surface area contributed by atoms with Crippen LogP contribution in [-0.2, 0) is 27.2 Å². The quantitative estimate of drug-likeness (QED) is 0.342. The minimum absolute atomic E-state index is 0.00352. The van der Waals surface area contributed by atoms with Gasteiger partial charge in [-0.2, -0.15) is 0 Å². The summed E-state index contributed by atoms with van der Waals surface area (Å²) in [5, 5.41) is 22.3. The maximum absolute atomic E-state index is 12.8. The number of carboxylic acid groups (broad SMARTS) is 1. The molecule has 3 N–H and O–H groups in total. The number of hydrogen-bond acceptors (Lipinski definition) is 7. The summed E-state index contributed by atoms with van der Waals surface area (Å²) in [5.41, 5.74) is 2.45. The van der Waals surface area contributed by atoms with E-state index in [2.05, 4.69) is 5.32 Å². The van der Waals surface area contributed by atoms with E-state index in [9.17, 15) is 18.3 Å². The Kier molecular flexibility index (Phi) is 8.53. The number of sulfonamides is 1. The first-order valence-corrected chi connectivity index (χ1v) is 14.2. The molecule has 0 aliphatic carbocycles. The minimum Gasteiger partial charge on any atom is -0.479 e. The number of benzene rings is 2. The third-order valence-electron chi connectivity index (χ3n) is 5.90. The highest BCUT2D eigenvalue weighted by Crippen LogP contribution is 2.46. The Morgan fingerprint density at radius 1 is 1.14 bits per heavy atom. The van der Waals surface area contributed by atoms with Gasteiger partial charge in [0.2, 0.25) is 10.0 Å². The molecule has 2 heterocycles. The number of thiophene rings is 1. The number of nitrogens with zero attached hydrogens (tertiary/aromatic N) is 1. The maximum atomic E-state index is 12.8. The zero-order chi connectivity index (χ0) is 25.7. The fourth-order valence-electron chi connectivity index (χ4n) is 4.15. The van der Waals surface area contributed by atoms with Crippen LogP contribution in [0, 0.1) is 0 Å². The van der Waals surface area contributed by atoms with Gasteiger partial charge in [0.25, 0.3) is 0 Å². The summed E-state index contributed by atoms with van der Waals surface area (Å²) in [7, 11) is -3.37. The van der Waals surface area contributed by atoms with Crippen molar-refractivity contribution >= 4 is 44.6 Å². The van der Waals surface area contributed by atoms with Crippen LogP contribution in [0.2, 0.25) is 5.02 Å². The number of anilines is 1. The average molecular weight is 551 g/mol. The second-order valence-corrected chi connectivity index (χ2v) is 11.9. The Morgan fingerprint density at radius 3 is 2.53 bits per heavy atom. The lowest BCUT2D eigenvalue weighted by atomic mass is 10.1. The topological polar surface area (TPSA) is 116 Å². The fourth-order valence-corrected chi connectivity index (χ4v) is 7.15. The lowest BCUT2D eigenvalue weighted by Gasteiger charge is -2.32. The summed E-state index contributed by atoms with van der Waals surface area (Å²) in [6.07, 6.45) is 1.36. The first-order valence-electron chi connectivity index (χ1n) is 11.4. The molecular weight excluding hydrogens is 524 g/mol. The molecule has 4 rings (SSSR count). The van der Waals surface area contributed by atoms with Crippen molar-refractivity contribution in [2.45, 2.75) is 31.2 Å². The monoisotopic (exact) mass is 550 g/mol. The molecule has 0 spiro atoms. The van der Waals surface area contributed by atoms with Crippen LogP contribution < -0.4 is 10.1 Å². The van der Waals surface area contributed by atoms with Crippen molar-refractivity contribution in [3.8, 4) is 16.2 Å². The van der Waals surface area contributed by atoms with Crippen LogP contribution in [0.1, 0.15) is 23.3 Å². The molecule has 0 saturated carbocycles. The van der Waals surface area contributed by atoms with Crippen molar-refractivity contribution in [2.75, 3.05) is 25.0 Å². The van der Waals surface area contributed by atoms with Gasteiger partial charge in [-0.1, -0.05) is 54.1 Å². The third kappa shape index (κ3) is 6.37. The molecule has 192 valence electrons. The van der Waals surface area contributed by atoms with Crippen molar-refractivity contribution in [3.63, 3.8) is 0 Å². The molecular formula is C25H27ClN2O6S2. The standard InChI is InChI=1S/C25H27ClN2O6S2/c26-23-24(34-15-22(30)31)21(14-29)35-25(23)18-7-4-8-20(13-18)27-19-9-11-28(12-10-19)36(32,33)16-17-5-2-1-3-6-17/h1-8,13,19,27,29H,9-12,14-16H2,(H,30,31). The lowest BCUT2D eigenvalue weighted by Crippen LogP contribution is -2.42. The molecule has 3 aromatic rings. The Bertz CT molecular complexity index is 1310. The SMILES string of the molecule is O=C(O)COc1c(CO)sc(-c2cccc(NC3CCN(S(=O)(=O)Cc4ccccc4)CC3)c2)c1Cl. The molecule has 1 aromatic heterocycles. The Balaban J connectivity index is 1.41. The predicted octanol–water partition coefficient (Wildman–Crippen LogP) is 4.43. The number of halogens is 1. The van der Waals surface area contributed by atoms with Crippen LogP contribution in [0.25, 0.3) is 10.4 Å². The normalized spacial score (nSPS) is 15.1. The zero-order valence-corrected chi connectivity index (χ0v) is 21.8. The molecule has 11 heteroatoms. The van der Waals surface area contributed by atoms with E-state index < -0.39 is 22.6 Å². The van der Waals surface area contributed by atoms with E-state index in [1.165, 1.54) is 11.3 Å². The number of nitrogens with one attached hydrogen (secondary N) is 1. The number of hydrogen-bond donors (Lipinski definition) is 3. The summed E-state index contributed by atoms with van der Waals surface area (Å²) in [6, 6.07) is 16.9. The number of rotatable bonds is 10. The third-order valence-corrected chi connectivity index (χ3v) is 9.42. The van der Waals surface area contributed by atoms with Gasteiger partial charge < -0.3 is 20.3 Å². The van der Waals surface area contributed by atoms with Crippen LogP contribution in [0.5, 0.6) is 5.75 Å². The van der Waals surface area contributed by atoms with E-state index in [0.717, 1.165) is 16.8 Å². The molecule has 0 radical (unpaired) electrons. The van der Waals surface area contributed by atoms with E-state index in [1.54, 1.807) is 4.31 Å². The van der Waals surface area contributed by atoms with Crippen molar-refractivity contribution in [1.29, 1.82) is 0 Å². The largest absolute Gasteiger partial charge is 0.479 e.